The molecule has 1 amide bonds. The van der Waals surface area contributed by atoms with Gasteiger partial charge in [0, 0.05) is 30.2 Å². The standard InChI is InChI=1S/C21H18ClN5O/c22-17-15-10-7-11-23-19(15)27-18(14-8-3-1-4-9-14)24-25-20(27)16(17)21(28)26-12-5-2-6-13-26/h1,3-4,7-11H,2,5-6,12-13H2. The number of benzene rings is 1. The van der Waals surface area contributed by atoms with Gasteiger partial charge < -0.3 is 4.90 Å². The monoisotopic (exact) mass is 391 g/mol. The number of piperidine rings is 1. The van der Waals surface area contributed by atoms with E-state index >= 15 is 0 Å². The quantitative estimate of drug-likeness (QED) is 0.513. The molecule has 0 spiro atoms. The van der Waals surface area contributed by atoms with Crippen molar-refractivity contribution in [3.8, 4) is 11.4 Å². The number of amides is 1. The average molecular weight is 392 g/mol. The number of rotatable bonds is 2. The lowest BCUT2D eigenvalue weighted by Crippen LogP contribution is -2.36. The Morgan fingerprint density at radius 2 is 1.71 bits per heavy atom. The van der Waals surface area contributed by atoms with E-state index in [9.17, 15) is 4.79 Å². The number of halogens is 1. The summed E-state index contributed by atoms with van der Waals surface area (Å²) in [5.41, 5.74) is 2.39. The highest BCUT2D eigenvalue weighted by Crippen LogP contribution is 2.33. The van der Waals surface area contributed by atoms with E-state index in [-0.39, 0.29) is 5.91 Å². The van der Waals surface area contributed by atoms with Gasteiger partial charge in [-0.05, 0) is 31.4 Å². The first kappa shape index (κ1) is 17.1. The van der Waals surface area contributed by atoms with Crippen molar-refractivity contribution in [2.75, 3.05) is 13.1 Å². The second-order valence-electron chi connectivity index (χ2n) is 6.97. The van der Waals surface area contributed by atoms with Gasteiger partial charge in [0.15, 0.2) is 11.5 Å². The van der Waals surface area contributed by atoms with Crippen LogP contribution in [0, 0.1) is 0 Å². The average Bonchev–Trinajstić information content (AvgIpc) is 3.20. The molecule has 1 aromatic carbocycles. The van der Waals surface area contributed by atoms with Crippen molar-refractivity contribution in [2.45, 2.75) is 19.3 Å². The topological polar surface area (TPSA) is 63.4 Å². The van der Waals surface area contributed by atoms with Crippen LogP contribution in [0.25, 0.3) is 28.1 Å². The molecular weight excluding hydrogens is 374 g/mol. The van der Waals surface area contributed by atoms with Gasteiger partial charge in [-0.25, -0.2) is 4.98 Å². The van der Waals surface area contributed by atoms with E-state index in [0.29, 0.717) is 33.1 Å². The van der Waals surface area contributed by atoms with Gasteiger partial charge in [0.2, 0.25) is 0 Å². The maximum atomic E-state index is 13.4. The summed E-state index contributed by atoms with van der Waals surface area (Å²) in [6, 6.07) is 13.5. The fourth-order valence-electron chi connectivity index (χ4n) is 3.84. The Balaban J connectivity index is 1.82. The maximum absolute atomic E-state index is 13.4. The van der Waals surface area contributed by atoms with Crippen molar-refractivity contribution in [1.29, 1.82) is 0 Å². The summed E-state index contributed by atoms with van der Waals surface area (Å²) in [6.07, 6.45) is 4.88. The molecule has 0 unspecified atom stereocenters. The third-order valence-corrected chi connectivity index (χ3v) is 5.62. The highest BCUT2D eigenvalue weighted by Gasteiger charge is 2.28. The number of carbonyl (C=O) groups excluding carboxylic acids is 1. The third kappa shape index (κ3) is 2.64. The molecule has 1 aliphatic rings. The zero-order chi connectivity index (χ0) is 19.1. The molecule has 0 aliphatic carbocycles. The second kappa shape index (κ2) is 6.87. The van der Waals surface area contributed by atoms with Crippen LogP contribution in [0.4, 0.5) is 0 Å². The fourth-order valence-corrected chi connectivity index (χ4v) is 4.16. The summed E-state index contributed by atoms with van der Waals surface area (Å²) in [5, 5.41) is 9.86. The van der Waals surface area contributed by atoms with Gasteiger partial charge in [-0.3, -0.25) is 9.20 Å². The molecule has 0 bridgehead atoms. The minimum absolute atomic E-state index is 0.0903. The summed E-state index contributed by atoms with van der Waals surface area (Å²) in [6.45, 7) is 1.48. The van der Waals surface area contributed by atoms with Crippen LogP contribution in [0.5, 0.6) is 0 Å². The van der Waals surface area contributed by atoms with Gasteiger partial charge in [0.05, 0.1) is 5.02 Å². The molecule has 4 heterocycles. The van der Waals surface area contributed by atoms with Gasteiger partial charge >= 0.3 is 0 Å². The van der Waals surface area contributed by atoms with Gasteiger partial charge in [0.25, 0.3) is 5.91 Å². The van der Waals surface area contributed by atoms with Gasteiger partial charge in [-0.1, -0.05) is 41.9 Å². The number of carbonyl (C=O) groups is 1. The summed E-state index contributed by atoms with van der Waals surface area (Å²) in [7, 11) is 0. The number of nitrogens with zero attached hydrogens (tertiary/aromatic N) is 5. The minimum Gasteiger partial charge on any atom is -0.338 e. The van der Waals surface area contributed by atoms with Crippen molar-refractivity contribution < 1.29 is 4.79 Å². The summed E-state index contributed by atoms with van der Waals surface area (Å²) >= 11 is 6.72. The van der Waals surface area contributed by atoms with E-state index in [0.717, 1.165) is 37.9 Å². The molecule has 1 aliphatic heterocycles. The SMILES string of the molecule is O=C(c1c(Cl)c2cccnc2n2c(-c3ccccc3)nnc12)N1CCCCC1. The van der Waals surface area contributed by atoms with Crippen molar-refractivity contribution in [3.63, 3.8) is 0 Å². The Bertz CT molecular complexity index is 1180. The molecule has 4 aromatic rings. The molecule has 28 heavy (non-hydrogen) atoms. The van der Waals surface area contributed by atoms with E-state index in [1.165, 1.54) is 0 Å². The lowest BCUT2D eigenvalue weighted by molar-refractivity contribution is 0.0726. The first-order valence-corrected chi connectivity index (χ1v) is 9.79. The van der Waals surface area contributed by atoms with Crippen LogP contribution in [-0.2, 0) is 0 Å². The lowest BCUT2D eigenvalue weighted by atomic mass is 10.1. The summed E-state index contributed by atoms with van der Waals surface area (Å²) in [5.74, 6) is 0.552. The predicted octanol–water partition coefficient (Wildman–Crippen LogP) is 4.22. The molecule has 0 radical (unpaired) electrons. The molecule has 3 aromatic heterocycles. The van der Waals surface area contributed by atoms with Crippen LogP contribution in [-0.4, -0.2) is 43.5 Å². The van der Waals surface area contributed by atoms with Crippen LogP contribution in [0.1, 0.15) is 29.6 Å². The van der Waals surface area contributed by atoms with E-state index < -0.39 is 0 Å². The molecule has 0 N–H and O–H groups in total. The first-order valence-electron chi connectivity index (χ1n) is 9.42. The van der Waals surface area contributed by atoms with Gasteiger partial charge in [0.1, 0.15) is 11.2 Å². The summed E-state index contributed by atoms with van der Waals surface area (Å²) in [4.78, 5) is 19.7. The molecule has 140 valence electrons. The highest BCUT2D eigenvalue weighted by atomic mass is 35.5. The van der Waals surface area contributed by atoms with Gasteiger partial charge in [-0.15, -0.1) is 10.2 Å². The Morgan fingerprint density at radius 1 is 0.929 bits per heavy atom. The smallest absolute Gasteiger partial charge is 0.259 e. The predicted molar refractivity (Wildman–Crippen MR) is 108 cm³/mol. The van der Waals surface area contributed by atoms with Crippen LogP contribution in [0.2, 0.25) is 5.02 Å². The second-order valence-corrected chi connectivity index (χ2v) is 7.34. The zero-order valence-electron chi connectivity index (χ0n) is 15.2. The van der Waals surface area contributed by atoms with Gasteiger partial charge in [-0.2, -0.15) is 0 Å². The Hall–Kier alpha value is -2.99. The van der Waals surface area contributed by atoms with Crippen LogP contribution in [0.15, 0.2) is 48.7 Å². The number of aromatic nitrogens is 4. The third-order valence-electron chi connectivity index (χ3n) is 5.23. The molecular formula is C21H18ClN5O. The Labute approximate surface area is 166 Å². The van der Waals surface area contributed by atoms with Crippen molar-refractivity contribution >= 4 is 34.2 Å². The highest BCUT2D eigenvalue weighted by molar-refractivity contribution is 6.39. The molecule has 0 saturated carbocycles. The minimum atomic E-state index is -0.0903. The normalized spacial score (nSPS) is 14.7. The van der Waals surface area contributed by atoms with Crippen molar-refractivity contribution in [1.82, 2.24) is 24.5 Å². The Morgan fingerprint density at radius 3 is 2.50 bits per heavy atom. The fraction of sp³-hybridized carbons (Fsp3) is 0.238. The van der Waals surface area contributed by atoms with E-state index in [1.807, 2.05) is 51.8 Å². The van der Waals surface area contributed by atoms with E-state index in [1.54, 1.807) is 6.20 Å². The largest absolute Gasteiger partial charge is 0.338 e. The number of hydrogen-bond donors (Lipinski definition) is 0. The molecule has 7 heteroatoms. The van der Waals surface area contributed by atoms with Crippen LogP contribution >= 0.6 is 11.6 Å². The van der Waals surface area contributed by atoms with E-state index in [4.69, 9.17) is 11.6 Å². The number of hydrogen-bond acceptors (Lipinski definition) is 4. The van der Waals surface area contributed by atoms with Crippen molar-refractivity contribution in [2.24, 2.45) is 0 Å². The first-order chi connectivity index (χ1) is 13.8. The number of pyridine rings is 2. The molecule has 1 saturated heterocycles. The van der Waals surface area contributed by atoms with Crippen LogP contribution < -0.4 is 0 Å². The number of likely N-dealkylation sites (tertiary alicyclic amines) is 1. The zero-order valence-corrected chi connectivity index (χ0v) is 15.9. The molecule has 0 atom stereocenters. The summed E-state index contributed by atoms with van der Waals surface area (Å²) < 4.78 is 1.84. The molecule has 5 rings (SSSR count). The van der Waals surface area contributed by atoms with E-state index in [2.05, 4.69) is 15.2 Å². The maximum Gasteiger partial charge on any atom is 0.259 e. The molecule has 6 nitrogen and oxygen atoms in total. The van der Waals surface area contributed by atoms with Crippen molar-refractivity contribution in [3.05, 3.63) is 59.2 Å². The lowest BCUT2D eigenvalue weighted by Gasteiger charge is -2.27. The number of fused-ring (bicyclic) bond motifs is 3. The molecule has 1 fully saturated rings. The Kier molecular flexibility index (Phi) is 4.20. The van der Waals surface area contributed by atoms with Crippen LogP contribution in [0.3, 0.4) is 0 Å².